The predicted molar refractivity (Wildman–Crippen MR) is 119 cm³/mol. The number of nitrogens with zero attached hydrogens (tertiary/aromatic N) is 3. The maximum absolute atomic E-state index is 5.92. The van der Waals surface area contributed by atoms with E-state index in [2.05, 4.69) is 39.4 Å². The molecule has 152 valence electrons. The van der Waals surface area contributed by atoms with Gasteiger partial charge in [-0.1, -0.05) is 36.4 Å². The van der Waals surface area contributed by atoms with Gasteiger partial charge in [-0.15, -0.1) is 11.3 Å². The molecule has 0 atom stereocenters. The van der Waals surface area contributed by atoms with Crippen molar-refractivity contribution in [3.05, 3.63) is 75.4 Å². The molecule has 0 aliphatic heterocycles. The lowest BCUT2D eigenvalue weighted by atomic mass is 10.2. The third kappa shape index (κ3) is 6.29. The number of aryl methyl sites for hydroxylation is 2. The Labute approximate surface area is 176 Å². The summed E-state index contributed by atoms with van der Waals surface area (Å²) >= 11 is 1.75. The highest BCUT2D eigenvalue weighted by atomic mass is 32.1. The number of thiazole rings is 1. The van der Waals surface area contributed by atoms with Crippen LogP contribution in [0.4, 0.5) is 0 Å². The van der Waals surface area contributed by atoms with Gasteiger partial charge in [-0.25, -0.2) is 9.97 Å². The van der Waals surface area contributed by atoms with E-state index in [4.69, 9.17) is 4.74 Å². The van der Waals surface area contributed by atoms with E-state index in [0.717, 1.165) is 40.8 Å². The molecule has 29 heavy (non-hydrogen) atoms. The van der Waals surface area contributed by atoms with Gasteiger partial charge in [0.15, 0.2) is 5.96 Å². The van der Waals surface area contributed by atoms with Crippen molar-refractivity contribution in [1.29, 1.82) is 0 Å². The molecule has 1 aromatic carbocycles. The zero-order valence-electron chi connectivity index (χ0n) is 17.1. The van der Waals surface area contributed by atoms with E-state index >= 15 is 0 Å². The van der Waals surface area contributed by atoms with Gasteiger partial charge in [0.1, 0.15) is 6.61 Å². The van der Waals surface area contributed by atoms with Crippen molar-refractivity contribution in [2.45, 2.75) is 33.4 Å². The van der Waals surface area contributed by atoms with Crippen molar-refractivity contribution < 1.29 is 4.74 Å². The Morgan fingerprint density at radius 3 is 2.66 bits per heavy atom. The molecule has 0 bridgehead atoms. The fourth-order valence-electron chi connectivity index (χ4n) is 2.75. The number of ether oxygens (including phenoxy) is 1. The van der Waals surface area contributed by atoms with Gasteiger partial charge < -0.3 is 15.4 Å². The zero-order chi connectivity index (χ0) is 20.5. The minimum absolute atomic E-state index is 0.491. The molecule has 0 radical (unpaired) electrons. The lowest BCUT2D eigenvalue weighted by Gasteiger charge is -2.14. The molecule has 3 rings (SSSR count). The topological polar surface area (TPSA) is 71.4 Å². The van der Waals surface area contributed by atoms with E-state index < -0.39 is 0 Å². The molecule has 0 amide bonds. The Kier molecular flexibility index (Phi) is 7.58. The van der Waals surface area contributed by atoms with E-state index in [-0.39, 0.29) is 0 Å². The molecule has 0 aliphatic rings. The second-order valence-corrected chi connectivity index (χ2v) is 7.88. The summed E-state index contributed by atoms with van der Waals surface area (Å²) in [5.41, 5.74) is 3.21. The number of aliphatic imine (C=N–C) groups is 1. The minimum Gasteiger partial charge on any atom is -0.473 e. The van der Waals surface area contributed by atoms with Crippen LogP contribution in [0.1, 0.15) is 26.7 Å². The van der Waals surface area contributed by atoms with Crippen molar-refractivity contribution in [1.82, 2.24) is 20.6 Å². The molecule has 7 heteroatoms. The predicted octanol–water partition coefficient (Wildman–Crippen LogP) is 3.64. The molecule has 0 unspecified atom stereocenters. The van der Waals surface area contributed by atoms with Gasteiger partial charge in [0, 0.05) is 43.2 Å². The number of hydrogen-bond acceptors (Lipinski definition) is 5. The molecule has 2 aromatic heterocycles. The Hall–Kier alpha value is -2.93. The van der Waals surface area contributed by atoms with Crippen LogP contribution in [0.2, 0.25) is 0 Å². The zero-order valence-corrected chi connectivity index (χ0v) is 17.9. The molecule has 0 aliphatic carbocycles. The monoisotopic (exact) mass is 409 g/mol. The van der Waals surface area contributed by atoms with Gasteiger partial charge >= 0.3 is 0 Å². The molecule has 2 heterocycles. The van der Waals surface area contributed by atoms with E-state index in [1.807, 2.05) is 42.5 Å². The maximum Gasteiger partial charge on any atom is 0.218 e. The largest absolute Gasteiger partial charge is 0.473 e. The molecule has 6 nitrogen and oxygen atoms in total. The minimum atomic E-state index is 0.491. The SMILES string of the molecule is CN=C(NCCc1nc(C)c(C)s1)NCc1cccnc1OCc1ccccc1. The van der Waals surface area contributed by atoms with Crippen LogP contribution in [0.15, 0.2) is 53.7 Å². The number of benzene rings is 1. The molecular weight excluding hydrogens is 382 g/mol. The maximum atomic E-state index is 5.92. The number of rotatable bonds is 8. The van der Waals surface area contributed by atoms with Crippen LogP contribution in [0.25, 0.3) is 0 Å². The van der Waals surface area contributed by atoms with Crippen molar-refractivity contribution in [3.8, 4) is 5.88 Å². The molecule has 2 N–H and O–H groups in total. The summed E-state index contributed by atoms with van der Waals surface area (Å²) in [4.78, 5) is 14.5. The second kappa shape index (κ2) is 10.6. The molecule has 0 spiro atoms. The Morgan fingerprint density at radius 1 is 1.10 bits per heavy atom. The van der Waals surface area contributed by atoms with Crippen molar-refractivity contribution in [2.24, 2.45) is 4.99 Å². The Bertz CT molecular complexity index is 920. The van der Waals surface area contributed by atoms with Crippen LogP contribution < -0.4 is 15.4 Å². The summed E-state index contributed by atoms with van der Waals surface area (Å²) in [6.45, 7) is 6.00. The summed E-state index contributed by atoms with van der Waals surface area (Å²) in [6.07, 6.45) is 2.62. The molecule has 3 aromatic rings. The summed E-state index contributed by atoms with van der Waals surface area (Å²) in [5.74, 6) is 1.38. The van der Waals surface area contributed by atoms with Gasteiger partial charge in [0.25, 0.3) is 0 Å². The number of aromatic nitrogens is 2. The van der Waals surface area contributed by atoms with Crippen molar-refractivity contribution in [2.75, 3.05) is 13.6 Å². The first-order valence-corrected chi connectivity index (χ1v) is 10.5. The standard InChI is InChI=1S/C22H27N5OS/c1-16-17(2)29-20(27-16)11-13-25-22(23-3)26-14-19-10-7-12-24-21(19)28-15-18-8-5-4-6-9-18/h4-10,12H,11,13-15H2,1-3H3,(H2,23,25,26). The van der Waals surface area contributed by atoms with Gasteiger partial charge in [-0.05, 0) is 25.5 Å². The van der Waals surface area contributed by atoms with Gasteiger partial charge in [-0.2, -0.15) is 0 Å². The lowest BCUT2D eigenvalue weighted by Crippen LogP contribution is -2.38. The summed E-state index contributed by atoms with van der Waals surface area (Å²) in [7, 11) is 1.77. The normalized spacial score (nSPS) is 11.3. The smallest absolute Gasteiger partial charge is 0.218 e. The summed E-state index contributed by atoms with van der Waals surface area (Å²) in [6, 6.07) is 14.0. The number of hydrogen-bond donors (Lipinski definition) is 2. The third-order valence-corrected chi connectivity index (χ3v) is 5.58. The number of pyridine rings is 1. The van der Waals surface area contributed by atoms with Crippen LogP contribution in [-0.2, 0) is 19.6 Å². The van der Waals surface area contributed by atoms with E-state index in [1.54, 1.807) is 24.6 Å². The first-order valence-electron chi connectivity index (χ1n) is 9.63. The Balaban J connectivity index is 1.50. The second-order valence-electron chi connectivity index (χ2n) is 6.59. The van der Waals surface area contributed by atoms with Crippen molar-refractivity contribution in [3.63, 3.8) is 0 Å². The highest BCUT2D eigenvalue weighted by molar-refractivity contribution is 7.11. The van der Waals surface area contributed by atoms with E-state index in [9.17, 15) is 0 Å². The fraction of sp³-hybridized carbons (Fsp3) is 0.318. The highest BCUT2D eigenvalue weighted by Gasteiger charge is 2.07. The van der Waals surface area contributed by atoms with Crippen molar-refractivity contribution >= 4 is 17.3 Å². The van der Waals surface area contributed by atoms with Gasteiger partial charge in [-0.3, -0.25) is 4.99 Å². The van der Waals surface area contributed by atoms with Crippen LogP contribution in [0.3, 0.4) is 0 Å². The van der Waals surface area contributed by atoms with Crippen LogP contribution in [0.5, 0.6) is 5.88 Å². The summed E-state index contributed by atoms with van der Waals surface area (Å²) < 4.78 is 5.92. The van der Waals surface area contributed by atoms with Gasteiger partial charge in [0.05, 0.1) is 10.7 Å². The average Bonchev–Trinajstić information content (AvgIpc) is 3.07. The lowest BCUT2D eigenvalue weighted by molar-refractivity contribution is 0.290. The molecule has 0 fully saturated rings. The Morgan fingerprint density at radius 2 is 1.93 bits per heavy atom. The number of nitrogens with one attached hydrogen (secondary N) is 2. The van der Waals surface area contributed by atoms with Crippen LogP contribution in [-0.4, -0.2) is 29.5 Å². The first kappa shape index (κ1) is 20.8. The average molecular weight is 410 g/mol. The third-order valence-electron chi connectivity index (χ3n) is 4.44. The van der Waals surface area contributed by atoms with Crippen LogP contribution in [0, 0.1) is 13.8 Å². The highest BCUT2D eigenvalue weighted by Crippen LogP contribution is 2.17. The molecule has 0 saturated carbocycles. The van der Waals surface area contributed by atoms with E-state index in [0.29, 0.717) is 19.0 Å². The quantitative estimate of drug-likeness (QED) is 0.439. The molecular formula is C22H27N5OS. The van der Waals surface area contributed by atoms with E-state index in [1.165, 1.54) is 4.88 Å². The number of guanidine groups is 1. The van der Waals surface area contributed by atoms with Crippen LogP contribution >= 0.6 is 11.3 Å². The fourth-order valence-corrected chi connectivity index (χ4v) is 3.68. The summed E-state index contributed by atoms with van der Waals surface area (Å²) in [5, 5.41) is 7.81. The van der Waals surface area contributed by atoms with Gasteiger partial charge in [0.2, 0.25) is 5.88 Å². The first-order chi connectivity index (χ1) is 14.2. The molecule has 0 saturated heterocycles.